The molecule has 0 radical (unpaired) electrons. The number of carbonyl (C=O) groups excluding carboxylic acids is 3. The fraction of sp³-hybridized carbons (Fsp3) is 0.552. The molecule has 3 saturated heterocycles. The highest BCUT2D eigenvalue weighted by Crippen LogP contribution is 2.66. The van der Waals surface area contributed by atoms with E-state index in [-0.39, 0.29) is 42.7 Å². The van der Waals surface area contributed by atoms with Crippen molar-refractivity contribution in [1.29, 1.82) is 0 Å². The van der Waals surface area contributed by atoms with Gasteiger partial charge in [0, 0.05) is 38.0 Å². The van der Waals surface area contributed by atoms with Crippen molar-refractivity contribution in [2.24, 2.45) is 11.8 Å². The third-order valence-corrected chi connectivity index (χ3v) is 10.3. The number of aliphatic hydroxyl groups excluding tert-OH is 1. The maximum Gasteiger partial charge on any atom is 0.251 e. The Balaban J connectivity index is 1.78. The number of rotatable bonds is 12. The summed E-state index contributed by atoms with van der Waals surface area (Å²) < 4.78 is -0.699. The Hall–Kier alpha value is -2.29. The fourth-order valence-corrected chi connectivity index (χ4v) is 9.19. The number of aliphatic hydroxyl groups is 1. The number of anilines is 1. The van der Waals surface area contributed by atoms with Gasteiger partial charge in [0.05, 0.1) is 27.3 Å². The number of fused-ring (bicyclic) bond motifs is 1. The van der Waals surface area contributed by atoms with Crippen molar-refractivity contribution >= 4 is 46.8 Å². The van der Waals surface area contributed by atoms with E-state index in [4.69, 9.17) is 11.6 Å². The third-order valence-electron chi connectivity index (χ3n) is 8.07. The van der Waals surface area contributed by atoms with E-state index in [1.54, 1.807) is 44.7 Å². The van der Waals surface area contributed by atoms with E-state index in [0.29, 0.717) is 36.6 Å². The summed E-state index contributed by atoms with van der Waals surface area (Å²) in [4.78, 5) is 47.6. The zero-order chi connectivity index (χ0) is 27.6. The molecule has 1 N–H and O–H groups in total. The van der Waals surface area contributed by atoms with Crippen LogP contribution < -0.4 is 4.90 Å². The number of benzene rings is 1. The first-order valence-electron chi connectivity index (χ1n) is 13.4. The minimum atomic E-state index is -0.756. The first-order chi connectivity index (χ1) is 18.3. The van der Waals surface area contributed by atoms with Crippen LogP contribution in [0.1, 0.15) is 38.2 Å². The average molecular weight is 560 g/mol. The maximum atomic E-state index is 14.5. The molecule has 38 heavy (non-hydrogen) atoms. The second-order valence-electron chi connectivity index (χ2n) is 10.4. The van der Waals surface area contributed by atoms with Crippen molar-refractivity contribution in [3.05, 3.63) is 54.1 Å². The first kappa shape index (κ1) is 28.7. The molecule has 1 spiro atoms. The molecule has 1 aromatic rings. The van der Waals surface area contributed by atoms with Gasteiger partial charge in [-0.3, -0.25) is 14.4 Å². The quantitative estimate of drug-likeness (QED) is 0.391. The Morgan fingerprint density at radius 1 is 1.26 bits per heavy atom. The lowest BCUT2D eigenvalue weighted by atomic mass is 9.70. The van der Waals surface area contributed by atoms with Crippen LogP contribution >= 0.6 is 23.4 Å². The zero-order valence-corrected chi connectivity index (χ0v) is 23.8. The molecule has 2 unspecified atom stereocenters. The van der Waals surface area contributed by atoms with Crippen LogP contribution in [0.2, 0.25) is 5.02 Å². The molecule has 3 amide bonds. The highest BCUT2D eigenvalue weighted by molar-refractivity contribution is 8.02. The van der Waals surface area contributed by atoms with E-state index < -0.39 is 22.6 Å². The number of hydrogen-bond acceptors (Lipinski definition) is 5. The largest absolute Gasteiger partial charge is 0.396 e. The molecule has 0 aliphatic carbocycles. The predicted octanol–water partition coefficient (Wildman–Crippen LogP) is 4.07. The van der Waals surface area contributed by atoms with Gasteiger partial charge in [0.2, 0.25) is 11.8 Å². The van der Waals surface area contributed by atoms with Crippen molar-refractivity contribution < 1.29 is 19.5 Å². The molecule has 0 aromatic heterocycles. The predicted molar refractivity (Wildman–Crippen MR) is 153 cm³/mol. The molecule has 7 nitrogen and oxygen atoms in total. The van der Waals surface area contributed by atoms with E-state index in [9.17, 15) is 19.5 Å². The van der Waals surface area contributed by atoms with Crippen molar-refractivity contribution in [1.82, 2.24) is 9.80 Å². The van der Waals surface area contributed by atoms with Crippen LogP contribution in [0.15, 0.2) is 43.5 Å². The summed E-state index contributed by atoms with van der Waals surface area (Å²) in [6.07, 6.45) is 6.02. The molecule has 3 fully saturated rings. The van der Waals surface area contributed by atoms with Crippen LogP contribution in [0, 0.1) is 18.8 Å². The van der Waals surface area contributed by atoms with Crippen LogP contribution in [-0.4, -0.2) is 81.5 Å². The molecule has 3 aliphatic heterocycles. The lowest BCUT2D eigenvalue weighted by Crippen LogP contribution is -2.55. The highest BCUT2D eigenvalue weighted by atomic mass is 35.5. The van der Waals surface area contributed by atoms with Crippen LogP contribution in [0.5, 0.6) is 0 Å². The van der Waals surface area contributed by atoms with E-state index >= 15 is 0 Å². The Labute approximate surface area is 234 Å². The molecular weight excluding hydrogens is 522 g/mol. The zero-order valence-electron chi connectivity index (χ0n) is 22.3. The summed E-state index contributed by atoms with van der Waals surface area (Å²) in [5, 5.41) is 10.1. The van der Waals surface area contributed by atoms with Crippen LogP contribution in [0.3, 0.4) is 0 Å². The summed E-state index contributed by atoms with van der Waals surface area (Å²) in [5.41, 5.74) is 1.46. The molecular formula is C29H38ClN3O4S. The lowest BCUT2D eigenvalue weighted by Gasteiger charge is -2.38. The van der Waals surface area contributed by atoms with Gasteiger partial charge in [0.15, 0.2) is 0 Å². The van der Waals surface area contributed by atoms with Gasteiger partial charge in [-0.2, -0.15) is 0 Å². The van der Waals surface area contributed by atoms with Gasteiger partial charge in [-0.25, -0.2) is 0 Å². The number of carbonyl (C=O) groups is 3. The molecule has 3 aliphatic rings. The number of halogens is 1. The lowest BCUT2D eigenvalue weighted by molar-refractivity contribution is -0.144. The van der Waals surface area contributed by atoms with Gasteiger partial charge in [-0.1, -0.05) is 42.8 Å². The van der Waals surface area contributed by atoms with Gasteiger partial charge in [-0.05, 0) is 44.2 Å². The SMILES string of the molecule is C=CCN(CCC)C(=O)[C@@H]1[C@H]2C(=O)N(CCCO)C(C(=O)N(CC=C)c3c(C)cccc3Cl)C23CC[C@H]1S3. The van der Waals surface area contributed by atoms with E-state index in [1.165, 1.54) is 0 Å². The Kier molecular flexibility index (Phi) is 8.95. The van der Waals surface area contributed by atoms with Crippen molar-refractivity contribution in [3.8, 4) is 0 Å². The molecule has 3 heterocycles. The van der Waals surface area contributed by atoms with E-state index in [2.05, 4.69) is 13.2 Å². The fourth-order valence-electron chi connectivity index (χ4n) is 6.66. The number of aryl methyl sites for hydroxylation is 1. The Morgan fingerprint density at radius 3 is 2.63 bits per heavy atom. The molecule has 4 rings (SSSR count). The van der Waals surface area contributed by atoms with E-state index in [0.717, 1.165) is 18.4 Å². The number of para-hydroxylation sites is 1. The normalized spacial score (nSPS) is 27.4. The summed E-state index contributed by atoms with van der Waals surface area (Å²) >= 11 is 8.25. The minimum absolute atomic E-state index is 0.00850. The van der Waals surface area contributed by atoms with Crippen LogP contribution in [-0.2, 0) is 14.4 Å². The summed E-state index contributed by atoms with van der Waals surface area (Å²) in [6, 6.07) is 4.75. The van der Waals surface area contributed by atoms with Gasteiger partial charge in [0.25, 0.3) is 5.91 Å². The maximum absolute atomic E-state index is 14.5. The second kappa shape index (κ2) is 11.8. The van der Waals surface area contributed by atoms with Gasteiger partial charge in [-0.15, -0.1) is 24.9 Å². The number of amides is 3. The minimum Gasteiger partial charge on any atom is -0.396 e. The first-order valence-corrected chi connectivity index (χ1v) is 14.7. The second-order valence-corrected chi connectivity index (χ2v) is 12.4. The average Bonchev–Trinajstić information content (AvgIpc) is 3.53. The highest BCUT2D eigenvalue weighted by Gasteiger charge is 2.74. The standard InChI is InChI=1S/C29H38ClN3O4S/c1-5-14-31(15-6-2)26(35)22-21-12-13-29(38-21)23(22)27(36)33(17-9-18-34)25(29)28(37)32(16-7-3)24-19(4)10-8-11-20(24)30/h5,7-8,10-11,21-23,25,34H,1,3,6,9,12-18H2,2,4H3/t21-,22+,23+,25?,29?/m1/s1. The third kappa shape index (κ3) is 4.69. The summed E-state index contributed by atoms with van der Waals surface area (Å²) in [7, 11) is 0. The number of likely N-dealkylation sites (tertiary alicyclic amines) is 1. The van der Waals surface area contributed by atoms with Gasteiger partial charge in [0.1, 0.15) is 6.04 Å². The molecule has 9 heteroatoms. The van der Waals surface area contributed by atoms with Crippen LogP contribution in [0.4, 0.5) is 5.69 Å². The smallest absolute Gasteiger partial charge is 0.251 e. The molecule has 2 bridgehead atoms. The topological polar surface area (TPSA) is 81.2 Å². The van der Waals surface area contributed by atoms with Gasteiger partial charge < -0.3 is 19.8 Å². The number of hydrogen-bond donors (Lipinski definition) is 1. The molecule has 0 saturated carbocycles. The monoisotopic (exact) mass is 559 g/mol. The summed E-state index contributed by atoms with van der Waals surface area (Å²) in [5.74, 6) is -1.45. The van der Waals surface area contributed by atoms with Crippen molar-refractivity contribution in [2.75, 3.05) is 37.7 Å². The molecule has 5 atom stereocenters. The van der Waals surface area contributed by atoms with Crippen molar-refractivity contribution in [3.63, 3.8) is 0 Å². The number of thioether (sulfide) groups is 1. The molecule has 1 aromatic carbocycles. The van der Waals surface area contributed by atoms with Gasteiger partial charge >= 0.3 is 0 Å². The number of nitrogens with zero attached hydrogens (tertiary/aromatic N) is 3. The van der Waals surface area contributed by atoms with Crippen LogP contribution in [0.25, 0.3) is 0 Å². The van der Waals surface area contributed by atoms with Crippen molar-refractivity contribution in [2.45, 2.75) is 55.6 Å². The Bertz CT molecular complexity index is 1090. The van der Waals surface area contributed by atoms with E-state index in [1.807, 2.05) is 26.0 Å². The molecule has 206 valence electrons. The summed E-state index contributed by atoms with van der Waals surface area (Å²) in [6.45, 7) is 13.0. The Morgan fingerprint density at radius 2 is 2.00 bits per heavy atom.